The van der Waals surface area contributed by atoms with E-state index >= 15 is 0 Å². The van der Waals surface area contributed by atoms with Crippen LogP contribution < -0.4 is 16.2 Å². The Morgan fingerprint density at radius 1 is 0.933 bits per heavy atom. The number of rotatable bonds is 11. The summed E-state index contributed by atoms with van der Waals surface area (Å²) in [6.07, 6.45) is -5.81. The molecule has 3 aromatic carbocycles. The number of benzene rings is 3. The molecule has 2 amide bonds. The molecule has 1 unspecified atom stereocenters. The molecule has 0 fully saturated rings. The minimum atomic E-state index is -5.26. The summed E-state index contributed by atoms with van der Waals surface area (Å²) in [5.41, 5.74) is -0.571. The van der Waals surface area contributed by atoms with Crippen molar-refractivity contribution in [2.75, 3.05) is 5.32 Å². The Bertz CT molecular complexity index is 1750. The lowest BCUT2D eigenvalue weighted by Gasteiger charge is -2.20. The second-order valence-corrected chi connectivity index (χ2v) is 9.55. The minimum absolute atomic E-state index is 0.131. The third kappa shape index (κ3) is 8.59. The molecule has 0 radical (unpaired) electrons. The Labute approximate surface area is 252 Å². The number of hydrogen-bond donors (Lipinski definition) is 2. The summed E-state index contributed by atoms with van der Waals surface area (Å²) in [7, 11) is 0. The van der Waals surface area contributed by atoms with E-state index in [1.807, 2.05) is 0 Å². The highest BCUT2D eigenvalue weighted by atomic mass is 19.4. The lowest BCUT2D eigenvalue weighted by atomic mass is 10.0. The number of alkyl halides is 3. The molecule has 0 saturated carbocycles. The number of ether oxygens (including phenoxy) is 1. The normalized spacial score (nSPS) is 11.7. The van der Waals surface area contributed by atoms with Crippen LogP contribution >= 0.6 is 0 Å². The van der Waals surface area contributed by atoms with E-state index in [-0.39, 0.29) is 23.7 Å². The lowest BCUT2D eigenvalue weighted by molar-refractivity contribution is -0.384. The number of hydrogen-bond acceptors (Lipinski definition) is 8. The summed E-state index contributed by atoms with van der Waals surface area (Å²) < 4.78 is 46.1. The number of amides is 2. The van der Waals surface area contributed by atoms with Gasteiger partial charge in [-0.15, -0.1) is 0 Å². The van der Waals surface area contributed by atoms with Crippen LogP contribution in [-0.2, 0) is 33.9 Å². The Hall–Kier alpha value is -5.86. The van der Waals surface area contributed by atoms with Crippen LogP contribution in [0.3, 0.4) is 0 Å². The van der Waals surface area contributed by atoms with Crippen molar-refractivity contribution < 1.29 is 37.2 Å². The SMILES string of the molecule is O=C(Cn1c(-c2ccc([N+](=O)[O-])cc2)ncc(NC(=O)OCc2ccccc2)c1=O)NC(Cc1ccccc1)C(=O)C(F)(F)F. The van der Waals surface area contributed by atoms with Crippen molar-refractivity contribution in [1.29, 1.82) is 0 Å². The first-order chi connectivity index (χ1) is 21.4. The van der Waals surface area contributed by atoms with E-state index in [0.29, 0.717) is 11.1 Å². The first-order valence-electron chi connectivity index (χ1n) is 13.2. The van der Waals surface area contributed by atoms with Crippen LogP contribution in [0.2, 0.25) is 0 Å². The number of carbonyl (C=O) groups excluding carboxylic acids is 3. The zero-order chi connectivity index (χ0) is 32.6. The number of non-ortho nitro benzene ring substituents is 1. The third-order valence-corrected chi connectivity index (χ3v) is 6.35. The van der Waals surface area contributed by atoms with Gasteiger partial charge in [0.05, 0.1) is 11.1 Å². The van der Waals surface area contributed by atoms with Crippen molar-refractivity contribution in [3.63, 3.8) is 0 Å². The molecule has 4 rings (SSSR count). The molecule has 0 aliphatic carbocycles. The van der Waals surface area contributed by atoms with E-state index in [2.05, 4.69) is 15.6 Å². The van der Waals surface area contributed by atoms with Gasteiger partial charge in [0.2, 0.25) is 5.91 Å². The Balaban J connectivity index is 1.63. The molecule has 4 aromatic rings. The van der Waals surface area contributed by atoms with Gasteiger partial charge in [0.25, 0.3) is 17.0 Å². The van der Waals surface area contributed by atoms with Crippen LogP contribution in [0.4, 0.5) is 29.3 Å². The Morgan fingerprint density at radius 2 is 1.53 bits per heavy atom. The van der Waals surface area contributed by atoms with Gasteiger partial charge in [0.15, 0.2) is 0 Å². The van der Waals surface area contributed by atoms with Crippen molar-refractivity contribution in [1.82, 2.24) is 14.9 Å². The zero-order valence-electron chi connectivity index (χ0n) is 23.2. The van der Waals surface area contributed by atoms with Gasteiger partial charge < -0.3 is 10.1 Å². The molecular formula is C30H24F3N5O7. The van der Waals surface area contributed by atoms with E-state index in [9.17, 15) is 42.5 Å². The van der Waals surface area contributed by atoms with Crippen LogP contribution in [0.1, 0.15) is 11.1 Å². The fourth-order valence-electron chi connectivity index (χ4n) is 4.20. The number of nitro benzene ring substituents is 1. The number of Topliss-reactive ketones (excluding diaryl/α,β-unsaturated/α-hetero) is 1. The summed E-state index contributed by atoms with van der Waals surface area (Å²) in [5, 5.41) is 15.4. The molecular weight excluding hydrogens is 599 g/mol. The minimum Gasteiger partial charge on any atom is -0.444 e. The number of ketones is 1. The maximum atomic E-state index is 13.5. The van der Waals surface area contributed by atoms with Gasteiger partial charge in [0.1, 0.15) is 30.7 Å². The van der Waals surface area contributed by atoms with Gasteiger partial charge in [-0.05, 0) is 23.3 Å². The van der Waals surface area contributed by atoms with Crippen molar-refractivity contribution in [2.45, 2.75) is 31.8 Å². The number of nitro groups is 1. The highest BCUT2D eigenvalue weighted by Crippen LogP contribution is 2.22. The fourth-order valence-corrected chi connectivity index (χ4v) is 4.20. The van der Waals surface area contributed by atoms with Crippen molar-refractivity contribution in [3.05, 3.63) is 123 Å². The monoisotopic (exact) mass is 623 g/mol. The van der Waals surface area contributed by atoms with Crippen LogP contribution in [-0.4, -0.2) is 44.5 Å². The Morgan fingerprint density at radius 3 is 2.11 bits per heavy atom. The molecule has 0 saturated heterocycles. The molecule has 232 valence electrons. The second-order valence-electron chi connectivity index (χ2n) is 9.55. The zero-order valence-corrected chi connectivity index (χ0v) is 23.2. The molecule has 0 bridgehead atoms. The van der Waals surface area contributed by atoms with E-state index in [0.717, 1.165) is 22.9 Å². The molecule has 45 heavy (non-hydrogen) atoms. The first-order valence-corrected chi connectivity index (χ1v) is 13.2. The highest BCUT2D eigenvalue weighted by Gasteiger charge is 2.44. The molecule has 2 N–H and O–H groups in total. The lowest BCUT2D eigenvalue weighted by Crippen LogP contribution is -2.49. The van der Waals surface area contributed by atoms with Gasteiger partial charge in [-0.25, -0.2) is 9.78 Å². The molecule has 12 nitrogen and oxygen atoms in total. The molecule has 1 atom stereocenters. The number of anilines is 1. The molecule has 15 heteroatoms. The van der Waals surface area contributed by atoms with Crippen LogP contribution in [0.25, 0.3) is 11.4 Å². The first kappa shape index (κ1) is 32.1. The average Bonchev–Trinajstić information content (AvgIpc) is 3.02. The number of halogens is 3. The smallest absolute Gasteiger partial charge is 0.444 e. The quantitative estimate of drug-likeness (QED) is 0.183. The molecule has 0 aliphatic rings. The third-order valence-electron chi connectivity index (χ3n) is 6.35. The molecule has 1 aromatic heterocycles. The maximum absolute atomic E-state index is 13.5. The summed E-state index contributed by atoms with van der Waals surface area (Å²) >= 11 is 0. The van der Waals surface area contributed by atoms with E-state index in [1.165, 1.54) is 24.3 Å². The van der Waals surface area contributed by atoms with Crippen molar-refractivity contribution in [3.8, 4) is 11.4 Å². The molecule has 1 heterocycles. The van der Waals surface area contributed by atoms with E-state index in [1.54, 1.807) is 48.5 Å². The van der Waals surface area contributed by atoms with Gasteiger partial charge >= 0.3 is 12.3 Å². The number of aromatic nitrogens is 2. The number of nitrogens with zero attached hydrogens (tertiary/aromatic N) is 3. The van der Waals surface area contributed by atoms with Crippen molar-refractivity contribution >= 4 is 29.2 Å². The summed E-state index contributed by atoms with van der Waals surface area (Å²) in [6.45, 7) is -1.06. The fraction of sp³-hybridized carbons (Fsp3) is 0.167. The average molecular weight is 624 g/mol. The Kier molecular flexibility index (Phi) is 10.0. The van der Waals surface area contributed by atoms with Crippen LogP contribution in [0.5, 0.6) is 0 Å². The van der Waals surface area contributed by atoms with Gasteiger partial charge in [-0.1, -0.05) is 60.7 Å². The van der Waals surface area contributed by atoms with Crippen LogP contribution in [0, 0.1) is 10.1 Å². The standard InChI is InChI=1S/C30H24F3N5O7/c31-30(32,33)26(40)23(15-19-7-3-1-4-8-19)35-25(39)17-37-27(21-11-13-22(14-12-21)38(43)44)34-16-24(28(37)41)36-29(42)45-18-20-9-5-2-6-10-20/h1-14,16,23H,15,17-18H2,(H,35,39)(H,36,42). The number of nitrogens with one attached hydrogen (secondary N) is 2. The predicted molar refractivity (Wildman–Crippen MR) is 154 cm³/mol. The molecule has 0 aliphatic heterocycles. The van der Waals surface area contributed by atoms with Crippen LogP contribution in [0.15, 0.2) is 95.9 Å². The van der Waals surface area contributed by atoms with Gasteiger partial charge in [-0.2, -0.15) is 13.2 Å². The van der Waals surface area contributed by atoms with Gasteiger partial charge in [-0.3, -0.25) is 34.4 Å². The van der Waals surface area contributed by atoms with E-state index in [4.69, 9.17) is 4.74 Å². The molecule has 0 spiro atoms. The predicted octanol–water partition coefficient (Wildman–Crippen LogP) is 4.43. The summed E-state index contributed by atoms with van der Waals surface area (Å²) in [6, 6.07) is 19.1. The topological polar surface area (TPSA) is 163 Å². The van der Waals surface area contributed by atoms with Crippen molar-refractivity contribution in [2.24, 2.45) is 0 Å². The summed E-state index contributed by atoms with van der Waals surface area (Å²) in [5.74, 6) is -3.54. The highest BCUT2D eigenvalue weighted by molar-refractivity contribution is 5.93. The summed E-state index contributed by atoms with van der Waals surface area (Å²) in [4.78, 5) is 65.7. The maximum Gasteiger partial charge on any atom is 0.452 e. The second kappa shape index (κ2) is 14.1. The van der Waals surface area contributed by atoms with E-state index < -0.39 is 59.1 Å². The van der Waals surface area contributed by atoms with Gasteiger partial charge in [0, 0.05) is 24.1 Å². The largest absolute Gasteiger partial charge is 0.452 e. The number of carbonyl (C=O) groups is 3.